The zero-order chi connectivity index (χ0) is 10.7. The molecule has 5 heteroatoms. The minimum atomic E-state index is -0.636. The SMILES string of the molecule is NC(=O)NNc1cccc2cccnc12. The van der Waals surface area contributed by atoms with Crippen molar-refractivity contribution in [1.29, 1.82) is 0 Å². The van der Waals surface area contributed by atoms with Crippen molar-refractivity contribution in [2.24, 2.45) is 5.73 Å². The fourth-order valence-corrected chi connectivity index (χ4v) is 1.33. The Hall–Kier alpha value is -2.30. The second-order valence-electron chi connectivity index (χ2n) is 2.99. The predicted molar refractivity (Wildman–Crippen MR) is 58.1 cm³/mol. The Morgan fingerprint density at radius 1 is 1.27 bits per heavy atom. The highest BCUT2D eigenvalue weighted by molar-refractivity contribution is 5.90. The third-order valence-corrected chi connectivity index (χ3v) is 1.95. The molecule has 1 aromatic carbocycles. The van der Waals surface area contributed by atoms with Crippen molar-refractivity contribution in [3.05, 3.63) is 36.5 Å². The molecule has 0 unspecified atom stereocenters. The van der Waals surface area contributed by atoms with Gasteiger partial charge in [0.05, 0.1) is 11.2 Å². The lowest BCUT2D eigenvalue weighted by Crippen LogP contribution is -2.34. The highest BCUT2D eigenvalue weighted by Crippen LogP contribution is 2.19. The van der Waals surface area contributed by atoms with Gasteiger partial charge in [-0.25, -0.2) is 4.79 Å². The van der Waals surface area contributed by atoms with Crippen molar-refractivity contribution >= 4 is 22.6 Å². The van der Waals surface area contributed by atoms with Crippen LogP contribution in [0.2, 0.25) is 0 Å². The average molecular weight is 202 g/mol. The normalized spacial score (nSPS) is 9.87. The molecule has 0 bridgehead atoms. The summed E-state index contributed by atoms with van der Waals surface area (Å²) in [6, 6.07) is 8.78. The van der Waals surface area contributed by atoms with E-state index in [0.717, 1.165) is 10.9 Å². The summed E-state index contributed by atoms with van der Waals surface area (Å²) >= 11 is 0. The van der Waals surface area contributed by atoms with E-state index in [0.29, 0.717) is 5.69 Å². The van der Waals surface area contributed by atoms with Crippen LogP contribution in [0.25, 0.3) is 10.9 Å². The van der Waals surface area contributed by atoms with Crippen LogP contribution < -0.4 is 16.6 Å². The van der Waals surface area contributed by atoms with Crippen molar-refractivity contribution in [3.63, 3.8) is 0 Å². The number of hydrogen-bond donors (Lipinski definition) is 3. The van der Waals surface area contributed by atoms with Crippen molar-refractivity contribution in [2.75, 3.05) is 5.43 Å². The van der Waals surface area contributed by atoms with Gasteiger partial charge in [0.15, 0.2) is 0 Å². The number of amides is 2. The highest BCUT2D eigenvalue weighted by atomic mass is 16.2. The van der Waals surface area contributed by atoms with Crippen LogP contribution >= 0.6 is 0 Å². The quantitative estimate of drug-likeness (QED) is 0.641. The van der Waals surface area contributed by atoms with Crippen molar-refractivity contribution in [1.82, 2.24) is 10.4 Å². The molecule has 0 saturated heterocycles. The molecule has 0 radical (unpaired) electrons. The summed E-state index contributed by atoms with van der Waals surface area (Å²) in [6.07, 6.45) is 1.69. The van der Waals surface area contributed by atoms with Gasteiger partial charge in [-0.1, -0.05) is 18.2 Å². The number of rotatable bonds is 2. The molecule has 2 amide bonds. The summed E-state index contributed by atoms with van der Waals surface area (Å²) in [4.78, 5) is 14.7. The number of pyridine rings is 1. The Balaban J connectivity index is 2.38. The molecule has 0 spiro atoms. The molecule has 5 nitrogen and oxygen atoms in total. The van der Waals surface area contributed by atoms with E-state index >= 15 is 0 Å². The van der Waals surface area contributed by atoms with E-state index in [1.54, 1.807) is 6.20 Å². The van der Waals surface area contributed by atoms with E-state index in [4.69, 9.17) is 5.73 Å². The van der Waals surface area contributed by atoms with Crippen molar-refractivity contribution in [3.8, 4) is 0 Å². The van der Waals surface area contributed by atoms with Crippen LogP contribution in [0.5, 0.6) is 0 Å². The summed E-state index contributed by atoms with van der Waals surface area (Å²) in [5.74, 6) is 0. The second kappa shape index (κ2) is 3.83. The monoisotopic (exact) mass is 202 g/mol. The van der Waals surface area contributed by atoms with Gasteiger partial charge in [0, 0.05) is 11.6 Å². The van der Waals surface area contributed by atoms with Gasteiger partial charge in [0.1, 0.15) is 0 Å². The van der Waals surface area contributed by atoms with Gasteiger partial charge in [-0.2, -0.15) is 0 Å². The maximum Gasteiger partial charge on any atom is 0.330 e. The topological polar surface area (TPSA) is 80.0 Å². The number of nitrogens with one attached hydrogen (secondary N) is 2. The van der Waals surface area contributed by atoms with Gasteiger partial charge in [-0.15, -0.1) is 0 Å². The minimum absolute atomic E-state index is 0.636. The standard InChI is InChI=1S/C10H10N4O/c11-10(15)14-13-8-5-1-3-7-4-2-6-12-9(7)8/h1-6,13H,(H3,11,14,15). The molecule has 0 fully saturated rings. The molecule has 0 aliphatic carbocycles. The molecule has 4 N–H and O–H groups in total. The number of hydrazine groups is 1. The van der Waals surface area contributed by atoms with Crippen LogP contribution in [0.1, 0.15) is 0 Å². The zero-order valence-electron chi connectivity index (χ0n) is 7.90. The molecule has 2 aromatic rings. The molecule has 15 heavy (non-hydrogen) atoms. The number of nitrogens with zero attached hydrogens (tertiary/aromatic N) is 1. The number of fused-ring (bicyclic) bond motifs is 1. The number of nitrogens with two attached hydrogens (primary N) is 1. The Bertz CT molecular complexity index is 492. The average Bonchev–Trinajstić information content (AvgIpc) is 2.26. The maximum absolute atomic E-state index is 10.5. The molecular weight excluding hydrogens is 192 g/mol. The first-order valence-electron chi connectivity index (χ1n) is 4.42. The molecule has 0 saturated carbocycles. The number of aromatic nitrogens is 1. The smallest absolute Gasteiger partial charge is 0.330 e. The Morgan fingerprint density at radius 3 is 2.87 bits per heavy atom. The van der Waals surface area contributed by atoms with Crippen LogP contribution in [0, 0.1) is 0 Å². The zero-order valence-corrected chi connectivity index (χ0v) is 7.90. The molecule has 2 rings (SSSR count). The summed E-state index contributed by atoms with van der Waals surface area (Å²) in [7, 11) is 0. The van der Waals surface area contributed by atoms with Crippen molar-refractivity contribution in [2.45, 2.75) is 0 Å². The molecule has 76 valence electrons. The molecule has 1 aromatic heterocycles. The van der Waals surface area contributed by atoms with E-state index < -0.39 is 6.03 Å². The van der Waals surface area contributed by atoms with Gasteiger partial charge in [0.2, 0.25) is 0 Å². The lowest BCUT2D eigenvalue weighted by Gasteiger charge is -2.08. The maximum atomic E-state index is 10.5. The van der Waals surface area contributed by atoms with Crippen LogP contribution in [0.4, 0.5) is 10.5 Å². The van der Waals surface area contributed by atoms with Crippen molar-refractivity contribution < 1.29 is 4.79 Å². The molecule has 0 aliphatic heterocycles. The second-order valence-corrected chi connectivity index (χ2v) is 2.99. The third kappa shape index (κ3) is 1.96. The molecule has 1 heterocycles. The number of carbonyl (C=O) groups excluding carboxylic acids is 1. The first kappa shape index (κ1) is 9.26. The van der Waals surface area contributed by atoms with E-state index in [1.165, 1.54) is 0 Å². The van der Waals surface area contributed by atoms with E-state index in [9.17, 15) is 4.79 Å². The van der Waals surface area contributed by atoms with E-state index in [-0.39, 0.29) is 0 Å². The van der Waals surface area contributed by atoms with Crippen LogP contribution in [-0.4, -0.2) is 11.0 Å². The lowest BCUT2D eigenvalue weighted by molar-refractivity contribution is 0.250. The molecular formula is C10H10N4O. The molecule has 0 atom stereocenters. The number of primary amides is 1. The van der Waals surface area contributed by atoms with Crippen LogP contribution in [0.15, 0.2) is 36.5 Å². The number of anilines is 1. The number of hydrogen-bond acceptors (Lipinski definition) is 3. The van der Waals surface area contributed by atoms with Crippen LogP contribution in [-0.2, 0) is 0 Å². The summed E-state index contributed by atoms with van der Waals surface area (Å²) in [5, 5.41) is 0.994. The van der Waals surface area contributed by atoms with Gasteiger partial charge >= 0.3 is 6.03 Å². The van der Waals surface area contributed by atoms with Crippen LogP contribution in [0.3, 0.4) is 0 Å². The Labute approximate surface area is 86.3 Å². The first-order chi connectivity index (χ1) is 7.27. The number of para-hydroxylation sites is 1. The Morgan fingerprint density at radius 2 is 2.07 bits per heavy atom. The summed E-state index contributed by atoms with van der Waals surface area (Å²) in [5.41, 5.74) is 11.5. The lowest BCUT2D eigenvalue weighted by atomic mass is 10.2. The highest BCUT2D eigenvalue weighted by Gasteiger charge is 2.00. The van der Waals surface area contributed by atoms with Gasteiger partial charge in [-0.3, -0.25) is 15.8 Å². The Kier molecular flexibility index (Phi) is 2.37. The van der Waals surface area contributed by atoms with Gasteiger partial charge < -0.3 is 5.73 Å². The molecule has 0 aliphatic rings. The third-order valence-electron chi connectivity index (χ3n) is 1.95. The number of benzene rings is 1. The van der Waals surface area contributed by atoms with E-state index in [2.05, 4.69) is 15.8 Å². The minimum Gasteiger partial charge on any atom is -0.350 e. The fraction of sp³-hybridized carbons (Fsp3) is 0. The fourth-order valence-electron chi connectivity index (χ4n) is 1.33. The van der Waals surface area contributed by atoms with E-state index in [1.807, 2.05) is 30.3 Å². The predicted octanol–water partition coefficient (Wildman–Crippen LogP) is 1.23. The first-order valence-corrected chi connectivity index (χ1v) is 4.42. The summed E-state index contributed by atoms with van der Waals surface area (Å²) < 4.78 is 0. The number of urea groups is 1. The number of carbonyl (C=O) groups is 1. The summed E-state index contributed by atoms with van der Waals surface area (Å²) in [6.45, 7) is 0. The van der Waals surface area contributed by atoms with Gasteiger partial charge in [0.25, 0.3) is 0 Å². The largest absolute Gasteiger partial charge is 0.350 e. The van der Waals surface area contributed by atoms with Gasteiger partial charge in [-0.05, 0) is 12.1 Å².